The highest BCUT2D eigenvalue weighted by atomic mass is 19.1. The first-order valence-corrected chi connectivity index (χ1v) is 8.58. The van der Waals surface area contributed by atoms with Crippen LogP contribution in [0.1, 0.15) is 46.8 Å². The van der Waals surface area contributed by atoms with E-state index in [0.29, 0.717) is 36.8 Å². The zero-order chi connectivity index (χ0) is 17.8. The number of hydrogen-bond donors (Lipinski definition) is 1. The molecule has 4 nitrogen and oxygen atoms in total. The third-order valence-electron chi connectivity index (χ3n) is 4.34. The van der Waals surface area contributed by atoms with Crippen LogP contribution in [0.25, 0.3) is 0 Å². The lowest BCUT2D eigenvalue weighted by atomic mass is 9.98. The van der Waals surface area contributed by atoms with E-state index in [1.165, 1.54) is 0 Å². The molecule has 0 spiro atoms. The zero-order valence-electron chi connectivity index (χ0n) is 14.5. The van der Waals surface area contributed by atoms with E-state index >= 15 is 0 Å². The van der Waals surface area contributed by atoms with Gasteiger partial charge in [-0.25, -0.2) is 9.18 Å². The first kappa shape index (κ1) is 17.4. The van der Waals surface area contributed by atoms with Gasteiger partial charge in [0.1, 0.15) is 22.9 Å². The molecule has 5 heteroatoms. The maximum absolute atomic E-state index is 14.7. The fraction of sp³-hybridized carbons (Fsp3) is 0.350. The summed E-state index contributed by atoms with van der Waals surface area (Å²) in [6.45, 7) is 5.08. The van der Waals surface area contributed by atoms with Gasteiger partial charge in [-0.15, -0.1) is 0 Å². The summed E-state index contributed by atoms with van der Waals surface area (Å²) in [5.41, 5.74) is 1.76. The van der Waals surface area contributed by atoms with E-state index in [4.69, 9.17) is 9.47 Å². The van der Waals surface area contributed by atoms with E-state index in [2.05, 4.69) is 12.2 Å². The Bertz CT molecular complexity index is 775. The van der Waals surface area contributed by atoms with E-state index in [-0.39, 0.29) is 16.9 Å². The number of unbranched alkanes of at least 4 members (excludes halogenated alkanes) is 1. The predicted molar refractivity (Wildman–Crippen MR) is 93.5 cm³/mol. The molecular weight excluding hydrogens is 321 g/mol. The van der Waals surface area contributed by atoms with Crippen molar-refractivity contribution in [2.75, 3.05) is 6.61 Å². The van der Waals surface area contributed by atoms with Gasteiger partial charge in [0.15, 0.2) is 0 Å². The van der Waals surface area contributed by atoms with Crippen LogP contribution in [0.5, 0.6) is 11.5 Å². The zero-order valence-corrected chi connectivity index (χ0v) is 14.5. The Labute approximate surface area is 147 Å². The van der Waals surface area contributed by atoms with Crippen molar-refractivity contribution in [1.82, 2.24) is 5.32 Å². The summed E-state index contributed by atoms with van der Waals surface area (Å²) in [4.78, 5) is 12.8. The first-order chi connectivity index (χ1) is 12.1. The quantitative estimate of drug-likeness (QED) is 0.487. The van der Waals surface area contributed by atoms with Gasteiger partial charge < -0.3 is 14.8 Å². The first-order valence-electron chi connectivity index (χ1n) is 8.58. The van der Waals surface area contributed by atoms with Crippen LogP contribution in [-0.4, -0.2) is 12.6 Å². The number of benzene rings is 2. The van der Waals surface area contributed by atoms with Crippen molar-refractivity contribution in [1.29, 1.82) is 0 Å². The van der Waals surface area contributed by atoms with E-state index in [1.807, 2.05) is 6.07 Å². The topological polar surface area (TPSA) is 47.6 Å². The molecule has 0 saturated carbocycles. The molecule has 25 heavy (non-hydrogen) atoms. The maximum atomic E-state index is 14.7. The monoisotopic (exact) mass is 343 g/mol. The molecule has 0 fully saturated rings. The van der Waals surface area contributed by atoms with E-state index in [0.717, 1.165) is 18.4 Å². The third-order valence-corrected chi connectivity index (χ3v) is 4.34. The average Bonchev–Trinajstić information content (AvgIpc) is 3.10. The molecule has 0 amide bonds. The Hall–Kier alpha value is -2.40. The van der Waals surface area contributed by atoms with Crippen LogP contribution < -0.4 is 14.8 Å². The maximum Gasteiger partial charge on any atom is 0.347 e. The minimum Gasteiger partial charge on any atom is -0.492 e. The Morgan fingerprint density at radius 1 is 1.20 bits per heavy atom. The molecule has 1 aliphatic heterocycles. The number of halogens is 1. The van der Waals surface area contributed by atoms with Gasteiger partial charge in [-0.3, -0.25) is 0 Å². The van der Waals surface area contributed by atoms with Crippen molar-refractivity contribution in [3.05, 3.63) is 58.4 Å². The normalized spacial score (nSPS) is 12.8. The molecule has 0 saturated heterocycles. The largest absolute Gasteiger partial charge is 0.492 e. The summed E-state index contributed by atoms with van der Waals surface area (Å²) in [6, 6.07) is 8.78. The molecule has 132 valence electrons. The third kappa shape index (κ3) is 3.51. The Morgan fingerprint density at radius 2 is 1.92 bits per heavy atom. The lowest BCUT2D eigenvalue weighted by Gasteiger charge is -2.18. The molecule has 2 aromatic carbocycles. The molecular formula is C20H22FNO3. The molecule has 1 N–H and O–H groups in total. The van der Waals surface area contributed by atoms with Crippen molar-refractivity contribution in [3.8, 4) is 11.5 Å². The fourth-order valence-corrected chi connectivity index (χ4v) is 2.98. The number of ether oxygens (including phenoxy) is 2. The minimum atomic E-state index is -0.594. The minimum absolute atomic E-state index is 0.180. The molecule has 0 atom stereocenters. The van der Waals surface area contributed by atoms with Crippen LogP contribution in [-0.2, 0) is 13.1 Å². The van der Waals surface area contributed by atoms with Gasteiger partial charge in [0.05, 0.1) is 6.61 Å². The predicted octanol–water partition coefficient (Wildman–Crippen LogP) is 4.14. The number of rotatable bonds is 6. The van der Waals surface area contributed by atoms with Gasteiger partial charge in [0, 0.05) is 29.8 Å². The highest BCUT2D eigenvalue weighted by molar-refractivity contribution is 5.96. The summed E-state index contributed by atoms with van der Waals surface area (Å²) in [6.07, 6.45) is 1.84. The van der Waals surface area contributed by atoms with Gasteiger partial charge in [-0.1, -0.05) is 31.5 Å². The van der Waals surface area contributed by atoms with Crippen LogP contribution >= 0.6 is 0 Å². The highest BCUT2D eigenvalue weighted by Gasteiger charge is 2.30. The van der Waals surface area contributed by atoms with Crippen LogP contribution in [0, 0.1) is 12.7 Å². The summed E-state index contributed by atoms with van der Waals surface area (Å²) in [7, 11) is 0. The van der Waals surface area contributed by atoms with E-state index in [1.54, 1.807) is 31.2 Å². The van der Waals surface area contributed by atoms with E-state index in [9.17, 15) is 9.18 Å². The number of esters is 1. The molecule has 0 unspecified atom stereocenters. The van der Waals surface area contributed by atoms with Crippen LogP contribution in [0.3, 0.4) is 0 Å². The summed E-state index contributed by atoms with van der Waals surface area (Å²) < 4.78 is 26.1. The van der Waals surface area contributed by atoms with Gasteiger partial charge in [0.2, 0.25) is 0 Å². The van der Waals surface area contributed by atoms with E-state index < -0.39 is 5.97 Å². The fourth-order valence-electron chi connectivity index (χ4n) is 2.98. The number of fused-ring (bicyclic) bond motifs is 1. The summed E-state index contributed by atoms with van der Waals surface area (Å²) in [5, 5.41) is 3.13. The summed E-state index contributed by atoms with van der Waals surface area (Å²) >= 11 is 0. The van der Waals surface area contributed by atoms with Crippen LogP contribution in [0.4, 0.5) is 4.39 Å². The second-order valence-corrected chi connectivity index (χ2v) is 6.11. The molecule has 0 radical (unpaired) electrons. The van der Waals surface area contributed by atoms with Crippen LogP contribution in [0.15, 0.2) is 30.3 Å². The van der Waals surface area contributed by atoms with Crippen molar-refractivity contribution >= 4 is 5.97 Å². The van der Waals surface area contributed by atoms with Crippen molar-refractivity contribution < 1.29 is 18.7 Å². The number of nitrogens with one attached hydrogen (secondary N) is 1. The smallest absolute Gasteiger partial charge is 0.347 e. The molecule has 0 bridgehead atoms. The number of para-hydroxylation sites is 1. The number of carbonyl (C=O) groups is 1. The lowest BCUT2D eigenvalue weighted by Crippen LogP contribution is -2.16. The second-order valence-electron chi connectivity index (χ2n) is 6.11. The van der Waals surface area contributed by atoms with Gasteiger partial charge in [0.25, 0.3) is 0 Å². The molecule has 0 aliphatic carbocycles. The van der Waals surface area contributed by atoms with Gasteiger partial charge >= 0.3 is 5.97 Å². The van der Waals surface area contributed by atoms with Gasteiger partial charge in [-0.2, -0.15) is 0 Å². The number of carbonyl (C=O) groups excluding carboxylic acids is 1. The lowest BCUT2D eigenvalue weighted by molar-refractivity contribution is 0.0728. The molecule has 2 aromatic rings. The molecule has 1 heterocycles. The SMILES string of the molecule is CCCCOc1c2c(c(F)c(C)c1C(=O)Oc1ccccc1)CNC2. The highest BCUT2D eigenvalue weighted by Crippen LogP contribution is 2.36. The molecule has 1 aliphatic rings. The van der Waals surface area contributed by atoms with Crippen molar-refractivity contribution in [2.24, 2.45) is 0 Å². The van der Waals surface area contributed by atoms with Crippen molar-refractivity contribution in [2.45, 2.75) is 39.8 Å². The molecule has 0 aromatic heterocycles. The summed E-state index contributed by atoms with van der Waals surface area (Å²) in [5.74, 6) is -0.0784. The van der Waals surface area contributed by atoms with Gasteiger partial charge in [-0.05, 0) is 25.5 Å². The Balaban J connectivity index is 2.01. The standard InChI is InChI=1S/C20H22FNO3/c1-3-4-10-24-19-16-12-22-11-15(16)18(21)13(2)17(19)20(23)25-14-8-6-5-7-9-14/h5-9,22H,3-4,10-12H2,1-2H3. The number of hydrogen-bond acceptors (Lipinski definition) is 4. The average molecular weight is 343 g/mol. The molecule has 3 rings (SSSR count). The van der Waals surface area contributed by atoms with Crippen molar-refractivity contribution in [3.63, 3.8) is 0 Å². The Morgan fingerprint density at radius 3 is 2.64 bits per heavy atom. The van der Waals surface area contributed by atoms with Crippen LogP contribution in [0.2, 0.25) is 0 Å². The Kier molecular flexibility index (Phi) is 5.34. The second kappa shape index (κ2) is 7.66.